The van der Waals surface area contributed by atoms with Gasteiger partial charge in [0.15, 0.2) is 0 Å². The number of rotatable bonds is 5. The second-order valence-electron chi connectivity index (χ2n) is 5.37. The number of nitrogens with zero attached hydrogens (tertiary/aromatic N) is 4. The molecule has 2 aromatic rings. The van der Waals surface area contributed by atoms with Crippen LogP contribution >= 0.6 is 0 Å². The average molecular weight is 327 g/mol. The first-order valence-electron chi connectivity index (χ1n) is 7.23. The summed E-state index contributed by atoms with van der Waals surface area (Å²) in [4.78, 5) is 21.2. The van der Waals surface area contributed by atoms with E-state index in [0.717, 1.165) is 0 Å². The third-order valence-corrected chi connectivity index (χ3v) is 3.65. The molecule has 0 radical (unpaired) electrons. The van der Waals surface area contributed by atoms with Crippen LogP contribution in [0.15, 0.2) is 30.6 Å². The summed E-state index contributed by atoms with van der Waals surface area (Å²) in [6.07, 6.45) is 3.13. The molecule has 24 heavy (non-hydrogen) atoms. The standard InChI is InChI=1S/C16H14FN5O2/c17-13-2-1-10(3-11(13)4-18)14-5-21-16(6-20-14)22-7-12(8-22)24-9-15(19)23/h1-3,5-6,12H,7-9H2,(H2,19,23). The van der Waals surface area contributed by atoms with Crippen LogP contribution < -0.4 is 10.6 Å². The highest BCUT2D eigenvalue weighted by Gasteiger charge is 2.29. The molecule has 122 valence electrons. The molecular weight excluding hydrogens is 313 g/mol. The van der Waals surface area contributed by atoms with E-state index in [4.69, 9.17) is 15.7 Å². The number of hydrogen-bond donors (Lipinski definition) is 1. The lowest BCUT2D eigenvalue weighted by atomic mass is 10.1. The summed E-state index contributed by atoms with van der Waals surface area (Å²) >= 11 is 0. The van der Waals surface area contributed by atoms with Crippen LogP contribution in [-0.2, 0) is 9.53 Å². The highest BCUT2D eigenvalue weighted by molar-refractivity contribution is 5.75. The molecule has 1 aromatic heterocycles. The Morgan fingerprint density at radius 1 is 1.42 bits per heavy atom. The number of halogens is 1. The highest BCUT2D eigenvalue weighted by Crippen LogP contribution is 2.23. The van der Waals surface area contributed by atoms with Crippen LogP contribution in [0.4, 0.5) is 10.2 Å². The molecule has 3 rings (SSSR count). The van der Waals surface area contributed by atoms with Crippen LogP contribution in [0, 0.1) is 17.1 Å². The topological polar surface area (TPSA) is 105 Å². The van der Waals surface area contributed by atoms with E-state index in [1.54, 1.807) is 24.5 Å². The third-order valence-electron chi connectivity index (χ3n) is 3.65. The summed E-state index contributed by atoms with van der Waals surface area (Å²) in [6, 6.07) is 6.03. The molecule has 1 aliphatic heterocycles. The zero-order valence-corrected chi connectivity index (χ0v) is 12.6. The fourth-order valence-corrected chi connectivity index (χ4v) is 2.33. The molecule has 0 spiro atoms. The molecule has 0 atom stereocenters. The van der Waals surface area contributed by atoms with Crippen molar-refractivity contribution >= 4 is 11.7 Å². The van der Waals surface area contributed by atoms with Crippen molar-refractivity contribution < 1.29 is 13.9 Å². The van der Waals surface area contributed by atoms with E-state index in [9.17, 15) is 9.18 Å². The van der Waals surface area contributed by atoms with Crippen molar-refractivity contribution in [3.8, 4) is 17.3 Å². The number of ether oxygens (including phenoxy) is 1. The van der Waals surface area contributed by atoms with E-state index in [0.29, 0.717) is 30.2 Å². The summed E-state index contributed by atoms with van der Waals surface area (Å²) in [7, 11) is 0. The molecule has 2 N–H and O–H groups in total. The molecule has 0 aliphatic carbocycles. The van der Waals surface area contributed by atoms with Gasteiger partial charge < -0.3 is 15.4 Å². The SMILES string of the molecule is N#Cc1cc(-c2cnc(N3CC(OCC(N)=O)C3)cn2)ccc1F. The molecular formula is C16H14FN5O2. The Kier molecular flexibility index (Phi) is 4.35. The van der Waals surface area contributed by atoms with Gasteiger partial charge in [-0.15, -0.1) is 0 Å². The molecule has 0 unspecified atom stereocenters. The van der Waals surface area contributed by atoms with Crippen molar-refractivity contribution in [1.82, 2.24) is 9.97 Å². The van der Waals surface area contributed by atoms with Gasteiger partial charge in [0.05, 0.1) is 29.8 Å². The van der Waals surface area contributed by atoms with Crippen molar-refractivity contribution in [3.63, 3.8) is 0 Å². The Balaban J connectivity index is 1.65. The number of hydrogen-bond acceptors (Lipinski definition) is 6. The van der Waals surface area contributed by atoms with Crippen molar-refractivity contribution in [2.45, 2.75) is 6.10 Å². The molecule has 1 aromatic carbocycles. The number of benzene rings is 1. The molecule has 1 fully saturated rings. The molecule has 0 saturated carbocycles. The smallest absolute Gasteiger partial charge is 0.243 e. The van der Waals surface area contributed by atoms with Gasteiger partial charge >= 0.3 is 0 Å². The lowest BCUT2D eigenvalue weighted by Crippen LogP contribution is -2.53. The summed E-state index contributed by atoms with van der Waals surface area (Å²) in [6.45, 7) is 1.13. The predicted molar refractivity (Wildman–Crippen MR) is 83.3 cm³/mol. The second kappa shape index (κ2) is 6.60. The van der Waals surface area contributed by atoms with Crippen LogP contribution in [0.3, 0.4) is 0 Å². The van der Waals surface area contributed by atoms with Crippen LogP contribution in [0.5, 0.6) is 0 Å². The number of nitrogens with two attached hydrogens (primary N) is 1. The molecule has 1 amide bonds. The Morgan fingerprint density at radius 2 is 2.21 bits per heavy atom. The predicted octanol–water partition coefficient (Wildman–Crippen LogP) is 0.845. The largest absolute Gasteiger partial charge is 0.368 e. The maximum Gasteiger partial charge on any atom is 0.243 e. The number of aromatic nitrogens is 2. The van der Waals surface area contributed by atoms with Gasteiger partial charge in [0.1, 0.15) is 24.3 Å². The first-order chi connectivity index (χ1) is 11.6. The van der Waals surface area contributed by atoms with Gasteiger partial charge in [-0.05, 0) is 18.2 Å². The monoisotopic (exact) mass is 327 g/mol. The number of carbonyl (C=O) groups excluding carboxylic acids is 1. The lowest BCUT2D eigenvalue weighted by Gasteiger charge is -2.39. The van der Waals surface area contributed by atoms with Crippen LogP contribution in [-0.4, -0.2) is 41.7 Å². The minimum absolute atomic E-state index is 0.0319. The van der Waals surface area contributed by atoms with Crippen molar-refractivity contribution in [2.75, 3.05) is 24.6 Å². The Morgan fingerprint density at radius 3 is 2.83 bits per heavy atom. The van der Waals surface area contributed by atoms with Crippen molar-refractivity contribution in [3.05, 3.63) is 42.0 Å². The number of anilines is 1. The van der Waals surface area contributed by atoms with E-state index < -0.39 is 11.7 Å². The minimum atomic E-state index is -0.562. The Labute approximate surface area is 137 Å². The maximum atomic E-state index is 13.4. The van der Waals surface area contributed by atoms with Gasteiger partial charge in [-0.25, -0.2) is 9.37 Å². The lowest BCUT2D eigenvalue weighted by molar-refractivity contribution is -0.125. The summed E-state index contributed by atoms with van der Waals surface area (Å²) < 4.78 is 18.6. The van der Waals surface area contributed by atoms with Gasteiger partial charge in [-0.1, -0.05) is 0 Å². The molecule has 0 bridgehead atoms. The quantitative estimate of drug-likeness (QED) is 0.872. The van der Waals surface area contributed by atoms with Crippen LogP contribution in [0.2, 0.25) is 0 Å². The molecule has 8 heteroatoms. The average Bonchev–Trinajstić information content (AvgIpc) is 2.54. The van der Waals surface area contributed by atoms with Crippen LogP contribution in [0.25, 0.3) is 11.3 Å². The van der Waals surface area contributed by atoms with E-state index in [1.165, 1.54) is 12.1 Å². The maximum absolute atomic E-state index is 13.4. The minimum Gasteiger partial charge on any atom is -0.368 e. The zero-order valence-electron chi connectivity index (χ0n) is 12.6. The fourth-order valence-electron chi connectivity index (χ4n) is 2.33. The number of nitriles is 1. The van der Waals surface area contributed by atoms with E-state index in [-0.39, 0.29) is 18.3 Å². The fraction of sp³-hybridized carbons (Fsp3) is 0.250. The molecule has 1 saturated heterocycles. The first-order valence-corrected chi connectivity index (χ1v) is 7.23. The van der Waals surface area contributed by atoms with Crippen molar-refractivity contribution in [2.24, 2.45) is 5.73 Å². The van der Waals surface area contributed by atoms with Gasteiger partial charge in [0, 0.05) is 18.7 Å². The molecule has 2 heterocycles. The number of carbonyl (C=O) groups is 1. The first kappa shape index (κ1) is 15.8. The van der Waals surface area contributed by atoms with Crippen molar-refractivity contribution in [1.29, 1.82) is 5.26 Å². The van der Waals surface area contributed by atoms with Gasteiger partial charge in [0.25, 0.3) is 0 Å². The number of amides is 1. The Hall–Kier alpha value is -3.05. The Bertz CT molecular complexity index is 797. The number of primary amides is 1. The van der Waals surface area contributed by atoms with E-state index in [2.05, 4.69) is 9.97 Å². The second-order valence-corrected chi connectivity index (χ2v) is 5.37. The van der Waals surface area contributed by atoms with Gasteiger partial charge in [0.2, 0.25) is 5.91 Å². The van der Waals surface area contributed by atoms with Gasteiger partial charge in [-0.3, -0.25) is 9.78 Å². The molecule has 7 nitrogen and oxygen atoms in total. The highest BCUT2D eigenvalue weighted by atomic mass is 19.1. The van der Waals surface area contributed by atoms with Crippen LogP contribution in [0.1, 0.15) is 5.56 Å². The summed E-state index contributed by atoms with van der Waals surface area (Å²) in [5.41, 5.74) is 6.17. The third kappa shape index (κ3) is 3.31. The summed E-state index contributed by atoms with van der Waals surface area (Å²) in [5, 5.41) is 8.88. The zero-order chi connectivity index (χ0) is 17.1. The van der Waals surface area contributed by atoms with E-state index >= 15 is 0 Å². The summed E-state index contributed by atoms with van der Waals surface area (Å²) in [5.74, 6) is -0.373. The normalized spacial score (nSPS) is 14.1. The molecule has 1 aliphatic rings. The van der Waals surface area contributed by atoms with Gasteiger partial charge in [-0.2, -0.15) is 5.26 Å². The van der Waals surface area contributed by atoms with E-state index in [1.807, 2.05) is 4.90 Å².